The number of rotatable bonds is 21. The molecule has 0 radical (unpaired) electrons. The fourth-order valence-corrected chi connectivity index (χ4v) is 17.9. The van der Waals surface area contributed by atoms with Gasteiger partial charge in [-0.3, -0.25) is 4.79 Å². The monoisotopic (exact) mass is 668 g/mol. The third kappa shape index (κ3) is 11.2. The van der Waals surface area contributed by atoms with E-state index in [4.69, 9.17) is 23.1 Å². The summed E-state index contributed by atoms with van der Waals surface area (Å²) >= 11 is 0. The van der Waals surface area contributed by atoms with Crippen LogP contribution in [-0.2, 0) is 34.5 Å². The highest BCUT2D eigenvalue weighted by Gasteiger charge is 2.54. The van der Waals surface area contributed by atoms with Crippen LogP contribution in [-0.4, -0.2) is 60.0 Å². The first-order valence-corrected chi connectivity index (χ1v) is 22.5. The van der Waals surface area contributed by atoms with Crippen molar-refractivity contribution in [1.82, 2.24) is 0 Å². The predicted octanol–water partition coefficient (Wildman–Crippen LogP) is 10.1. The molecule has 2 rings (SSSR count). The Morgan fingerprint density at radius 2 is 1.33 bits per heavy atom. The topological polar surface area (TPSA) is 63.2 Å². The Morgan fingerprint density at radius 3 is 1.78 bits per heavy atom. The number of unbranched alkanes of at least 4 members (excludes halogenated alkanes) is 3. The Morgan fingerprint density at radius 1 is 0.822 bits per heavy atom. The van der Waals surface area contributed by atoms with Crippen molar-refractivity contribution in [3.63, 3.8) is 0 Å². The molecule has 9 heteroatoms. The minimum Gasteiger partial charge on any atom is -0.454 e. The van der Waals surface area contributed by atoms with E-state index in [1.54, 1.807) is 0 Å². The van der Waals surface area contributed by atoms with Crippen LogP contribution in [0.2, 0.25) is 34.8 Å². The van der Waals surface area contributed by atoms with E-state index in [0.29, 0.717) is 16.6 Å². The summed E-state index contributed by atoms with van der Waals surface area (Å²) in [6.07, 6.45) is 1.31. The van der Waals surface area contributed by atoms with Gasteiger partial charge in [0.05, 0.1) is 13.2 Å². The highest BCUT2D eigenvalue weighted by Crippen LogP contribution is 2.44. The van der Waals surface area contributed by atoms with Crippen molar-refractivity contribution in [1.29, 1.82) is 0 Å². The van der Waals surface area contributed by atoms with Crippen molar-refractivity contribution in [3.05, 3.63) is 35.9 Å². The summed E-state index contributed by atoms with van der Waals surface area (Å²) in [4.78, 5) is 12.3. The quantitative estimate of drug-likeness (QED) is 0.0960. The summed E-state index contributed by atoms with van der Waals surface area (Å²) in [6, 6.07) is 13.0. The van der Waals surface area contributed by atoms with E-state index in [1.165, 1.54) is 6.92 Å². The lowest BCUT2D eigenvalue weighted by Crippen LogP contribution is -2.64. The Balaban J connectivity index is 2.64. The van der Waals surface area contributed by atoms with Crippen LogP contribution in [0.25, 0.3) is 0 Å². The summed E-state index contributed by atoms with van der Waals surface area (Å²) in [7, 11) is -4.63. The highest BCUT2D eigenvalue weighted by atomic mass is 28.4. The zero-order valence-corrected chi connectivity index (χ0v) is 32.1. The Bertz CT molecular complexity index is 919. The maximum atomic E-state index is 16.1. The van der Waals surface area contributed by atoms with Gasteiger partial charge in [-0.1, -0.05) is 131 Å². The molecule has 260 valence electrons. The molecule has 0 unspecified atom stereocenters. The molecule has 0 bridgehead atoms. The van der Waals surface area contributed by atoms with Crippen molar-refractivity contribution in [2.75, 3.05) is 6.61 Å². The largest absolute Gasteiger partial charge is 0.454 e. The molecule has 0 saturated carbocycles. The zero-order valence-electron chi connectivity index (χ0n) is 30.1. The molecule has 0 aliphatic carbocycles. The summed E-state index contributed by atoms with van der Waals surface area (Å²) < 4.78 is 49.0. The third-order valence-corrected chi connectivity index (χ3v) is 20.4. The normalized spacial score (nSPS) is 22.8. The van der Waals surface area contributed by atoms with E-state index in [0.717, 1.165) is 62.2 Å². The minimum absolute atomic E-state index is 0.226. The molecule has 1 aromatic rings. The van der Waals surface area contributed by atoms with E-state index in [2.05, 4.69) is 62.3 Å². The van der Waals surface area contributed by atoms with Crippen molar-refractivity contribution < 1.29 is 32.2 Å². The average Bonchev–Trinajstić information content (AvgIpc) is 2.99. The van der Waals surface area contributed by atoms with Crippen LogP contribution in [0.1, 0.15) is 113 Å². The molecule has 1 saturated heterocycles. The van der Waals surface area contributed by atoms with Crippen LogP contribution in [0.4, 0.5) is 4.39 Å². The van der Waals surface area contributed by atoms with E-state index in [1.807, 2.05) is 30.3 Å². The summed E-state index contributed by atoms with van der Waals surface area (Å²) in [5.41, 5.74) is 2.07. The van der Waals surface area contributed by atoms with Gasteiger partial charge in [0.25, 0.3) is 0 Å². The van der Waals surface area contributed by atoms with Gasteiger partial charge in [0.2, 0.25) is 6.36 Å². The lowest BCUT2D eigenvalue weighted by Gasteiger charge is -2.49. The maximum Gasteiger partial charge on any atom is 0.303 e. The van der Waals surface area contributed by atoms with Crippen molar-refractivity contribution >= 4 is 22.6 Å². The van der Waals surface area contributed by atoms with Crippen LogP contribution in [0.3, 0.4) is 0 Å². The highest BCUT2D eigenvalue weighted by molar-refractivity contribution is 6.77. The second-order valence-corrected chi connectivity index (χ2v) is 23.6. The van der Waals surface area contributed by atoms with Crippen molar-refractivity contribution in [2.24, 2.45) is 0 Å². The number of benzene rings is 1. The predicted molar refractivity (Wildman–Crippen MR) is 187 cm³/mol. The molecule has 1 aliphatic rings. The van der Waals surface area contributed by atoms with Crippen LogP contribution in [0.15, 0.2) is 30.3 Å². The average molecular weight is 669 g/mol. The van der Waals surface area contributed by atoms with Gasteiger partial charge < -0.3 is 23.1 Å². The number of hydrogen-bond acceptors (Lipinski definition) is 6. The van der Waals surface area contributed by atoms with Crippen molar-refractivity contribution in [3.8, 4) is 0 Å². The van der Waals surface area contributed by atoms with E-state index < -0.39 is 53.4 Å². The lowest BCUT2D eigenvalue weighted by molar-refractivity contribution is -0.275. The van der Waals surface area contributed by atoms with Gasteiger partial charge in [-0.2, -0.15) is 0 Å². The summed E-state index contributed by atoms with van der Waals surface area (Å²) in [5.74, 6) is -0.565. The molecule has 0 N–H and O–H groups in total. The van der Waals surface area contributed by atoms with Crippen LogP contribution in [0.5, 0.6) is 0 Å². The van der Waals surface area contributed by atoms with Gasteiger partial charge in [-0.25, -0.2) is 4.39 Å². The molecule has 6 nitrogen and oxygen atoms in total. The molecule has 1 aliphatic heterocycles. The van der Waals surface area contributed by atoms with Gasteiger partial charge in [0, 0.05) is 6.92 Å². The number of carbonyl (C=O) groups is 1. The second-order valence-electron chi connectivity index (χ2n) is 14.1. The van der Waals surface area contributed by atoms with Gasteiger partial charge in [0.1, 0.15) is 18.3 Å². The minimum atomic E-state index is -2.34. The third-order valence-electron chi connectivity index (χ3n) is 9.71. The fraction of sp³-hybridized carbons (Fsp3) is 0.806. The van der Waals surface area contributed by atoms with Gasteiger partial charge in [0.15, 0.2) is 22.7 Å². The number of halogens is 1. The lowest BCUT2D eigenvalue weighted by atomic mass is 9.99. The molecular formula is C36H65FO6Si2. The smallest absolute Gasteiger partial charge is 0.303 e. The van der Waals surface area contributed by atoms with Crippen molar-refractivity contribution in [2.45, 2.75) is 180 Å². The Hall–Kier alpha value is -1.11. The number of alkyl halides is 1. The first-order chi connectivity index (χ1) is 21.4. The van der Waals surface area contributed by atoms with Crippen LogP contribution >= 0.6 is 0 Å². The standard InChI is InChI=1S/C36H65FO6Si2/c1-11-14-22-44(23-15-12-2,24-16-13-3)43-33-32(26-40-45(27(4)5,28(6)7)29(8)9)42-36(37)35(41-30(10)38)34(33)39-25-31-20-18-17-19-21-31/h17-21,27-29,32-36H,11-16,22-26H2,1-10H3/t32-,33-,34+,35+,36+/m1/s1. The van der Waals surface area contributed by atoms with Crippen LogP contribution in [0, 0.1) is 0 Å². The van der Waals surface area contributed by atoms with E-state index in [9.17, 15) is 4.79 Å². The van der Waals surface area contributed by atoms with Gasteiger partial charge in [-0.05, 0) is 40.3 Å². The maximum absolute atomic E-state index is 16.1. The molecule has 1 heterocycles. The molecule has 5 atom stereocenters. The Kier molecular flexibility index (Phi) is 17.5. The molecule has 0 spiro atoms. The van der Waals surface area contributed by atoms with E-state index >= 15 is 4.39 Å². The zero-order chi connectivity index (χ0) is 33.6. The summed E-state index contributed by atoms with van der Waals surface area (Å²) in [6.45, 7) is 22.0. The van der Waals surface area contributed by atoms with Gasteiger partial charge in [-0.15, -0.1) is 0 Å². The van der Waals surface area contributed by atoms with E-state index in [-0.39, 0.29) is 13.2 Å². The molecule has 1 aromatic carbocycles. The number of esters is 1. The number of ether oxygens (including phenoxy) is 3. The van der Waals surface area contributed by atoms with Gasteiger partial charge >= 0.3 is 5.97 Å². The Labute approximate surface area is 276 Å². The molecular weight excluding hydrogens is 604 g/mol. The summed E-state index contributed by atoms with van der Waals surface area (Å²) in [5, 5.41) is 0. The first-order valence-electron chi connectivity index (χ1n) is 17.8. The molecule has 0 aromatic heterocycles. The van der Waals surface area contributed by atoms with Crippen LogP contribution < -0.4 is 0 Å². The second kappa shape index (κ2) is 19.7. The fourth-order valence-electron chi connectivity index (χ4n) is 7.48. The number of hydrogen-bond donors (Lipinski definition) is 0. The first kappa shape index (κ1) is 40.1. The molecule has 45 heavy (non-hydrogen) atoms. The SMILES string of the molecule is CCCC[Si](CCCC)(CCCC)O[C@H]1[C@H](OCc2ccccc2)[C@H](OC(C)=O)[C@@H](F)O[C@@H]1CO[Si](C(C)C)(C(C)C)C(C)C. The molecule has 1 fully saturated rings. The number of carbonyl (C=O) groups excluding carboxylic acids is 1. The molecule has 0 amide bonds.